The zero-order chi connectivity index (χ0) is 62.5. The molecule has 0 bridgehead atoms. The van der Waals surface area contributed by atoms with Gasteiger partial charge in [0.15, 0.2) is 17.3 Å². The summed E-state index contributed by atoms with van der Waals surface area (Å²) in [5, 5.41) is 31.0. The van der Waals surface area contributed by atoms with Crippen LogP contribution in [-0.2, 0) is 80.1 Å². The molecule has 0 aliphatic rings. The fraction of sp³-hybridized carbons (Fsp3) is 0.169. The Hall–Kier alpha value is -8.17. The molecule has 0 saturated carbocycles. The summed E-state index contributed by atoms with van der Waals surface area (Å²) >= 11 is 0. The van der Waals surface area contributed by atoms with Crippen molar-refractivity contribution in [3.63, 3.8) is 0 Å². The van der Waals surface area contributed by atoms with E-state index in [1.807, 2.05) is 54.6 Å². The maximum Gasteiger partial charge on any atom is 0.155 e. The summed E-state index contributed by atoms with van der Waals surface area (Å²) in [6, 6.07) is 77.0. The molecule has 3 radical (unpaired) electrons. The Morgan fingerprint density at radius 3 is 1.20 bits per heavy atom. The Balaban J connectivity index is 0.000000297. The minimum atomic E-state index is -0.125. The number of rotatable bonds is 7. The number of carbonyl (C=O) groups is 3. The van der Waals surface area contributed by atoms with E-state index in [1.54, 1.807) is 0 Å². The van der Waals surface area contributed by atoms with Crippen LogP contribution in [0.2, 0.25) is 0 Å². The van der Waals surface area contributed by atoms with Gasteiger partial charge in [0, 0.05) is 78.5 Å². The van der Waals surface area contributed by atoms with Gasteiger partial charge in [-0.2, -0.15) is 0 Å². The fourth-order valence-corrected chi connectivity index (χ4v) is 9.13. The molecule has 3 heterocycles. The van der Waals surface area contributed by atoms with Gasteiger partial charge in [0.1, 0.15) is 0 Å². The van der Waals surface area contributed by atoms with Crippen molar-refractivity contribution < 1.29 is 90.0 Å². The summed E-state index contributed by atoms with van der Waals surface area (Å²) in [6.07, 6.45) is 3.50. The van der Waals surface area contributed by atoms with Gasteiger partial charge in [-0.05, 0) is 119 Å². The summed E-state index contributed by atoms with van der Waals surface area (Å²) in [6.45, 7) is 21.6. The number of hydrogen-bond acceptors (Lipinski definition) is 9. The second kappa shape index (κ2) is 36.3. The van der Waals surface area contributed by atoms with Crippen molar-refractivity contribution in [2.75, 3.05) is 0 Å². The molecule has 9 nitrogen and oxygen atoms in total. The second-order valence-corrected chi connectivity index (χ2v) is 21.8. The van der Waals surface area contributed by atoms with Crippen LogP contribution < -0.4 is 0 Å². The first kappa shape index (κ1) is 75.1. The van der Waals surface area contributed by atoms with E-state index in [4.69, 9.17) is 30.3 Å². The zero-order valence-electron chi connectivity index (χ0n) is 52.1. The van der Waals surface area contributed by atoms with Crippen molar-refractivity contribution in [1.29, 1.82) is 0 Å². The van der Waals surface area contributed by atoms with Crippen molar-refractivity contribution in [1.82, 2.24) is 15.0 Å². The molecule has 0 aliphatic heterocycles. The van der Waals surface area contributed by atoms with E-state index in [9.17, 15) is 14.4 Å². The van der Waals surface area contributed by atoms with Crippen LogP contribution >= 0.6 is 0 Å². The number of carbonyl (C=O) groups excluding carboxylic acids is 3. The van der Waals surface area contributed by atoms with E-state index in [0.29, 0.717) is 0 Å². The van der Waals surface area contributed by atoms with Crippen molar-refractivity contribution >= 4 is 60.8 Å². The van der Waals surface area contributed by atoms with Crippen molar-refractivity contribution in [2.45, 2.75) is 88.5 Å². The number of aromatic nitrogens is 3. The number of benzene rings is 8. The first-order valence-electron chi connectivity index (χ1n) is 28.2. The molecule has 0 unspecified atom stereocenters. The Labute approximate surface area is 564 Å². The minimum absolute atomic E-state index is 0. The molecule has 3 aromatic heterocycles. The number of aryl methyl sites for hydroxylation is 3. The molecule has 3 N–H and O–H groups in total. The number of hydrogen-bond donors (Lipinski definition) is 3. The predicted molar refractivity (Wildman–Crippen MR) is 355 cm³/mol. The van der Waals surface area contributed by atoms with E-state index in [1.165, 1.54) is 115 Å². The molecule has 463 valence electrons. The van der Waals surface area contributed by atoms with E-state index in [2.05, 4.69) is 199 Å². The van der Waals surface area contributed by atoms with Gasteiger partial charge in [-0.25, -0.2) is 0 Å². The molecular formula is C77H74Ir3N3O6-3. The number of nitrogens with zero attached hydrogens (tertiary/aromatic N) is 3. The van der Waals surface area contributed by atoms with Crippen LogP contribution in [0.1, 0.15) is 84.6 Å². The van der Waals surface area contributed by atoms with Gasteiger partial charge in [-0.15, -0.1) is 94.4 Å². The van der Waals surface area contributed by atoms with Crippen molar-refractivity contribution in [3.05, 3.63) is 270 Å². The molecule has 11 rings (SSSR count). The fourth-order valence-electron chi connectivity index (χ4n) is 9.13. The molecule has 11 aromatic rings. The number of allylic oxidation sites excluding steroid dienone is 6. The molecule has 0 amide bonds. The van der Waals surface area contributed by atoms with Crippen LogP contribution in [-0.4, -0.2) is 47.6 Å². The number of aliphatic hydroxyl groups excluding tert-OH is 3. The van der Waals surface area contributed by atoms with Crippen molar-refractivity contribution in [2.24, 2.45) is 0 Å². The monoisotopic (exact) mass is 1720 g/mol. The smallest absolute Gasteiger partial charge is 0.155 e. The van der Waals surface area contributed by atoms with Gasteiger partial charge in [0.2, 0.25) is 0 Å². The number of fused-ring (bicyclic) bond motifs is 4. The molecule has 8 aromatic carbocycles. The summed E-state index contributed by atoms with van der Waals surface area (Å²) < 4.78 is 0. The molecule has 0 aliphatic carbocycles. The molecule has 12 heteroatoms. The standard InChI is InChI=1S/C23H18N.C20H14N.C19H18N.3C5H8O2.3Ir/c1-16-6-5-7-17(2)23(16)20-12-10-19(11-13-20)22-15-14-18-8-3-4-9-21(18)24-22;1-14-12-17-8-4-5-9-19(17)21-20(14)18-11-10-15-6-2-3-7-16(15)13-18;1-19(2,3)16-11-8-15(9-12-16)18-13-10-14-6-4-5-7-17(14)20-18;3*1-4(6)3-5(2)7;;;/h3-10,12-15H,1-2H3;2-10,12-13H,1H3;4-8,10-13H,1-3H3;3*3,6H,1-2H3;;;/q3*-1;;;;;;. The molecule has 0 spiro atoms. The second-order valence-electron chi connectivity index (χ2n) is 21.8. The predicted octanol–water partition coefficient (Wildman–Crippen LogP) is 19.3. The Morgan fingerprint density at radius 2 is 0.798 bits per heavy atom. The van der Waals surface area contributed by atoms with Gasteiger partial charge in [-0.3, -0.25) is 29.3 Å². The van der Waals surface area contributed by atoms with Crippen LogP contribution in [0, 0.1) is 39.0 Å². The first-order valence-corrected chi connectivity index (χ1v) is 28.2. The van der Waals surface area contributed by atoms with Crippen LogP contribution in [0.5, 0.6) is 0 Å². The third-order valence-electron chi connectivity index (χ3n) is 13.1. The Kier molecular flexibility index (Phi) is 30.7. The van der Waals surface area contributed by atoms with E-state index in [0.717, 1.165) is 55.7 Å². The SMILES string of the molecule is CC(=O)C=C(C)O.CC(=O)C=C(C)O.CC(=O)C=C(C)O.CC(C)(C)c1c[c-]c(-c2ccc3ccccc3n2)cc1.Cc1cc2ccccc2nc1-c1[c-]cc2ccccc2c1.Cc1cccc(C)c1-c1c[c-]c(-c2ccc3ccccc3n2)cc1.[Ir].[Ir].[Ir]. The average molecular weight is 1710 g/mol. The van der Waals surface area contributed by atoms with Gasteiger partial charge >= 0.3 is 0 Å². The third kappa shape index (κ3) is 23.7. The number of ketones is 3. The summed E-state index contributed by atoms with van der Waals surface area (Å²) in [7, 11) is 0. The number of pyridine rings is 3. The average Bonchev–Trinajstić information content (AvgIpc) is 3.52. The summed E-state index contributed by atoms with van der Waals surface area (Å²) in [5.41, 5.74) is 16.9. The molecule has 0 saturated heterocycles. The van der Waals surface area contributed by atoms with E-state index >= 15 is 0 Å². The first-order chi connectivity index (χ1) is 40.9. The van der Waals surface area contributed by atoms with Gasteiger partial charge in [-0.1, -0.05) is 181 Å². The van der Waals surface area contributed by atoms with Crippen LogP contribution in [0.4, 0.5) is 0 Å². The van der Waals surface area contributed by atoms with Crippen molar-refractivity contribution in [3.8, 4) is 44.9 Å². The van der Waals surface area contributed by atoms with Gasteiger partial charge in [0.25, 0.3) is 0 Å². The molecule has 0 fully saturated rings. The van der Waals surface area contributed by atoms with E-state index < -0.39 is 0 Å². The third-order valence-corrected chi connectivity index (χ3v) is 13.1. The molecule has 89 heavy (non-hydrogen) atoms. The number of aliphatic hydroxyl groups is 3. The van der Waals surface area contributed by atoms with E-state index in [-0.39, 0.29) is 100 Å². The summed E-state index contributed by atoms with van der Waals surface area (Å²) in [4.78, 5) is 44.3. The zero-order valence-corrected chi connectivity index (χ0v) is 59.3. The van der Waals surface area contributed by atoms with Crippen LogP contribution in [0.25, 0.3) is 88.4 Å². The largest absolute Gasteiger partial charge is 0.512 e. The van der Waals surface area contributed by atoms with Crippen LogP contribution in [0.15, 0.2) is 230 Å². The minimum Gasteiger partial charge on any atom is -0.512 e. The molecular weight excluding hydrogens is 1640 g/mol. The quantitative estimate of drug-likeness (QED) is 0.0805. The Bertz CT molecular complexity index is 4150. The van der Waals surface area contributed by atoms with Gasteiger partial charge in [0.05, 0.1) is 33.8 Å². The summed E-state index contributed by atoms with van der Waals surface area (Å²) in [5.74, 6) is -0.187. The maximum atomic E-state index is 10.0. The van der Waals surface area contributed by atoms with Crippen LogP contribution in [0.3, 0.4) is 0 Å². The topological polar surface area (TPSA) is 151 Å². The maximum absolute atomic E-state index is 10.0. The molecule has 0 atom stereocenters. The number of para-hydroxylation sites is 3. The normalized spacial score (nSPS) is 10.9. The Morgan fingerprint density at radius 1 is 0.393 bits per heavy atom. The van der Waals surface area contributed by atoms with Gasteiger partial charge < -0.3 is 15.3 Å².